The van der Waals surface area contributed by atoms with Crippen LogP contribution in [0, 0.1) is 0 Å². The lowest BCUT2D eigenvalue weighted by atomic mass is 10.1. The van der Waals surface area contributed by atoms with E-state index in [2.05, 4.69) is 25.6 Å². The Hall–Kier alpha value is -3.69. The van der Waals surface area contributed by atoms with Crippen molar-refractivity contribution in [1.29, 1.82) is 0 Å². The van der Waals surface area contributed by atoms with E-state index < -0.39 is 5.92 Å². The number of alkyl halides is 2. The second-order valence-corrected chi connectivity index (χ2v) is 8.54. The highest BCUT2D eigenvalue weighted by molar-refractivity contribution is 6.01. The van der Waals surface area contributed by atoms with Crippen LogP contribution in [0.4, 0.5) is 20.4 Å². The fraction of sp³-hybridized carbons (Fsp3) is 0.348. The first-order valence-corrected chi connectivity index (χ1v) is 10.9. The maximum atomic E-state index is 13.4. The van der Waals surface area contributed by atoms with Crippen LogP contribution in [0.3, 0.4) is 0 Å². The molecule has 0 aliphatic carbocycles. The molecular weight excluding hydrogens is 428 g/mol. The number of carbonyl (C=O) groups is 1. The van der Waals surface area contributed by atoms with E-state index in [1.165, 1.54) is 4.90 Å². The first-order chi connectivity index (χ1) is 15.8. The number of likely N-dealkylation sites (tertiary alicyclic amines) is 1. The van der Waals surface area contributed by atoms with E-state index in [-0.39, 0.29) is 37.9 Å². The zero-order valence-electron chi connectivity index (χ0n) is 18.3. The van der Waals surface area contributed by atoms with E-state index in [9.17, 15) is 13.6 Å². The Kier molecular flexibility index (Phi) is 5.15. The zero-order chi connectivity index (χ0) is 23.2. The summed E-state index contributed by atoms with van der Waals surface area (Å²) in [5, 5.41) is 12.5. The van der Waals surface area contributed by atoms with Gasteiger partial charge in [0.2, 0.25) is 5.95 Å². The lowest BCUT2D eigenvalue weighted by molar-refractivity contribution is -0.0494. The van der Waals surface area contributed by atoms with Gasteiger partial charge in [-0.2, -0.15) is 0 Å². The summed E-state index contributed by atoms with van der Waals surface area (Å²) < 4.78 is 28.6. The van der Waals surface area contributed by atoms with Crippen molar-refractivity contribution in [2.75, 3.05) is 18.4 Å². The van der Waals surface area contributed by atoms with E-state index in [0.29, 0.717) is 17.2 Å². The van der Waals surface area contributed by atoms with Crippen LogP contribution in [-0.4, -0.2) is 54.8 Å². The minimum absolute atomic E-state index is 0.0626. The van der Waals surface area contributed by atoms with Gasteiger partial charge in [0.05, 0.1) is 0 Å². The van der Waals surface area contributed by atoms with Crippen LogP contribution in [0.25, 0.3) is 21.9 Å². The van der Waals surface area contributed by atoms with Gasteiger partial charge in [-0.15, -0.1) is 5.10 Å². The average molecular weight is 451 g/mol. The van der Waals surface area contributed by atoms with Gasteiger partial charge < -0.3 is 10.2 Å². The van der Waals surface area contributed by atoms with Crippen molar-refractivity contribution < 1.29 is 13.6 Å². The maximum absolute atomic E-state index is 13.4. The van der Waals surface area contributed by atoms with Gasteiger partial charge in [-0.3, -0.25) is 4.79 Å². The van der Waals surface area contributed by atoms with E-state index in [0.717, 1.165) is 21.9 Å². The zero-order valence-corrected chi connectivity index (χ0v) is 18.3. The van der Waals surface area contributed by atoms with Crippen LogP contribution in [0.15, 0.2) is 42.6 Å². The van der Waals surface area contributed by atoms with Crippen LogP contribution in [0.2, 0.25) is 0 Å². The molecule has 2 aromatic carbocycles. The number of piperidine rings is 1. The number of fused-ring (bicyclic) bond motifs is 3. The molecule has 5 rings (SSSR count). The molecule has 1 aliphatic rings. The molecule has 0 spiro atoms. The number of hydrogen-bond acceptors (Lipinski definition) is 6. The van der Waals surface area contributed by atoms with Crippen molar-refractivity contribution in [1.82, 2.24) is 29.9 Å². The number of hydrogen-bond donors (Lipinski definition) is 1. The van der Waals surface area contributed by atoms with E-state index in [4.69, 9.17) is 0 Å². The van der Waals surface area contributed by atoms with Gasteiger partial charge >= 0.3 is 0 Å². The first-order valence-electron chi connectivity index (χ1n) is 10.9. The Balaban J connectivity index is 1.37. The first kappa shape index (κ1) is 21.2. The molecule has 0 unspecified atom stereocenters. The number of nitrogens with zero attached hydrogens (tertiary/aromatic N) is 6. The van der Waals surface area contributed by atoms with Crippen LogP contribution in [0.5, 0.6) is 0 Å². The van der Waals surface area contributed by atoms with Crippen molar-refractivity contribution in [3.63, 3.8) is 0 Å². The predicted molar refractivity (Wildman–Crippen MR) is 121 cm³/mol. The van der Waals surface area contributed by atoms with Crippen LogP contribution < -0.4 is 5.32 Å². The Morgan fingerprint density at radius 2 is 1.82 bits per heavy atom. The van der Waals surface area contributed by atoms with Crippen molar-refractivity contribution in [2.45, 2.75) is 38.7 Å². The summed E-state index contributed by atoms with van der Waals surface area (Å²) in [4.78, 5) is 23.2. The van der Waals surface area contributed by atoms with Gasteiger partial charge in [0.15, 0.2) is 0 Å². The summed E-state index contributed by atoms with van der Waals surface area (Å²) in [7, 11) is 0. The normalized spacial score (nSPS) is 16.0. The molecule has 1 fully saturated rings. The molecule has 2 aromatic heterocycles. The van der Waals surface area contributed by atoms with Crippen LogP contribution >= 0.6 is 0 Å². The van der Waals surface area contributed by atoms with Crippen LogP contribution in [0.1, 0.15) is 43.1 Å². The topological polar surface area (TPSA) is 88.8 Å². The number of benzene rings is 2. The number of anilines is 2. The van der Waals surface area contributed by atoms with Crippen LogP contribution in [-0.2, 0) is 0 Å². The second kappa shape index (κ2) is 8.02. The molecule has 10 heteroatoms. The number of aromatic nitrogens is 5. The van der Waals surface area contributed by atoms with Gasteiger partial charge in [-0.05, 0) is 50.2 Å². The third-order valence-electron chi connectivity index (χ3n) is 5.84. The molecule has 0 saturated carbocycles. The van der Waals surface area contributed by atoms with Crippen molar-refractivity contribution in [3.8, 4) is 0 Å². The summed E-state index contributed by atoms with van der Waals surface area (Å²) in [6, 6.07) is 10.8. The van der Waals surface area contributed by atoms with Gasteiger partial charge in [-0.25, -0.2) is 23.4 Å². The fourth-order valence-corrected chi connectivity index (χ4v) is 3.99. The lowest BCUT2D eigenvalue weighted by Gasteiger charge is -2.31. The molecule has 0 radical (unpaired) electrons. The van der Waals surface area contributed by atoms with Gasteiger partial charge in [0.25, 0.3) is 11.8 Å². The smallest absolute Gasteiger partial charge is 0.253 e. The minimum atomic E-state index is -2.68. The van der Waals surface area contributed by atoms with Gasteiger partial charge in [-0.1, -0.05) is 5.21 Å². The van der Waals surface area contributed by atoms with Gasteiger partial charge in [0.1, 0.15) is 16.6 Å². The highest BCUT2D eigenvalue weighted by Crippen LogP contribution is 2.29. The molecule has 0 bridgehead atoms. The van der Waals surface area contributed by atoms with Crippen molar-refractivity contribution in [2.24, 2.45) is 0 Å². The molecular formula is C23H23F2N7O. The summed E-state index contributed by atoms with van der Waals surface area (Å²) in [5.41, 5.74) is 3.52. The summed E-state index contributed by atoms with van der Waals surface area (Å²) in [6.07, 6.45) is 1.15. The Morgan fingerprint density at radius 1 is 1.09 bits per heavy atom. The third kappa shape index (κ3) is 4.08. The number of halogens is 2. The van der Waals surface area contributed by atoms with E-state index in [1.807, 2.05) is 30.7 Å². The number of carbonyl (C=O) groups excluding carboxylic acids is 1. The number of nitrogens with one attached hydrogen (secondary N) is 1. The Bertz CT molecular complexity index is 1320. The molecule has 1 saturated heterocycles. The highest BCUT2D eigenvalue weighted by atomic mass is 19.3. The molecule has 4 aromatic rings. The molecule has 8 nitrogen and oxygen atoms in total. The predicted octanol–water partition coefficient (Wildman–Crippen LogP) is 4.57. The fourth-order valence-electron chi connectivity index (χ4n) is 3.99. The highest BCUT2D eigenvalue weighted by Gasteiger charge is 2.35. The van der Waals surface area contributed by atoms with E-state index >= 15 is 0 Å². The summed E-state index contributed by atoms with van der Waals surface area (Å²) >= 11 is 0. The third-order valence-corrected chi connectivity index (χ3v) is 5.84. The monoisotopic (exact) mass is 451 g/mol. The second-order valence-electron chi connectivity index (χ2n) is 8.54. The maximum Gasteiger partial charge on any atom is 0.253 e. The lowest BCUT2D eigenvalue weighted by Crippen LogP contribution is -2.42. The molecule has 1 amide bonds. The summed E-state index contributed by atoms with van der Waals surface area (Å²) in [5.74, 6) is -2.52. The standard InChI is InChI=1S/C23H23F2N7O/c1-14(2)32-20-18(29-30-32)8-5-16-13-26-22(28-19(16)20)27-17-6-3-15(4-7-17)21(33)31-11-9-23(24,25)10-12-31/h3-8,13-14H,9-12H2,1-2H3,(H,26,27,28). The SMILES string of the molecule is CC(C)n1nnc2ccc3cnc(Nc4ccc(C(=O)N5CCC(F)(F)CC5)cc4)nc3c21. The quantitative estimate of drug-likeness (QED) is 0.489. The largest absolute Gasteiger partial charge is 0.338 e. The molecule has 170 valence electrons. The molecule has 33 heavy (non-hydrogen) atoms. The number of amides is 1. The van der Waals surface area contributed by atoms with Crippen molar-refractivity contribution in [3.05, 3.63) is 48.2 Å². The Labute approximate surface area is 188 Å². The van der Waals surface area contributed by atoms with Gasteiger partial charge in [0, 0.05) is 54.8 Å². The molecule has 1 aliphatic heterocycles. The molecule has 3 heterocycles. The minimum Gasteiger partial charge on any atom is -0.338 e. The number of rotatable bonds is 4. The summed E-state index contributed by atoms with van der Waals surface area (Å²) in [6.45, 7) is 4.19. The molecule has 1 N–H and O–H groups in total. The van der Waals surface area contributed by atoms with Crippen molar-refractivity contribution >= 4 is 39.5 Å². The molecule has 0 atom stereocenters. The Morgan fingerprint density at radius 3 is 2.52 bits per heavy atom. The average Bonchev–Trinajstić information content (AvgIpc) is 3.24. The van der Waals surface area contributed by atoms with E-state index in [1.54, 1.807) is 30.5 Å².